The highest BCUT2D eigenvalue weighted by atomic mass is 79.9. The van der Waals surface area contributed by atoms with Gasteiger partial charge in [0.25, 0.3) is 0 Å². The lowest BCUT2D eigenvalue weighted by atomic mass is 9.27. The van der Waals surface area contributed by atoms with E-state index in [-0.39, 0.29) is 0 Å². The van der Waals surface area contributed by atoms with E-state index < -0.39 is 0 Å². The molecule has 8 fully saturated rings. The molecule has 2 heteroatoms. The third-order valence-electron chi connectivity index (χ3n) is 13.8. The molecule has 0 radical (unpaired) electrons. The quantitative estimate of drug-likeness (QED) is 0.174. The first kappa shape index (κ1) is 29.1. The monoisotopic (exact) mass is 650 g/mol. The molecule has 8 atom stereocenters. The van der Waals surface area contributed by atoms with Gasteiger partial charge in [-0.1, -0.05) is 111 Å². The molecular formula is C36H60Br2. The van der Waals surface area contributed by atoms with Crippen molar-refractivity contribution in [1.82, 2.24) is 0 Å². The van der Waals surface area contributed by atoms with Gasteiger partial charge in [-0.15, -0.1) is 0 Å². The minimum absolute atomic E-state index is 0.430. The second-order valence-electron chi connectivity index (χ2n) is 17.4. The van der Waals surface area contributed by atoms with Crippen molar-refractivity contribution in [1.29, 1.82) is 0 Å². The summed E-state index contributed by atoms with van der Waals surface area (Å²) in [6, 6.07) is 0. The molecule has 0 heterocycles. The van der Waals surface area contributed by atoms with E-state index in [0.717, 1.165) is 0 Å². The van der Waals surface area contributed by atoms with Crippen molar-refractivity contribution in [3.05, 3.63) is 0 Å². The zero-order chi connectivity index (χ0) is 27.0. The van der Waals surface area contributed by atoms with Gasteiger partial charge in [-0.25, -0.2) is 0 Å². The largest absolute Gasteiger partial charge is 0.0853 e. The van der Waals surface area contributed by atoms with Crippen molar-refractivity contribution in [2.45, 2.75) is 190 Å². The van der Waals surface area contributed by atoms with Gasteiger partial charge in [-0.2, -0.15) is 0 Å². The van der Waals surface area contributed by atoms with Crippen LogP contribution in [0, 0.1) is 32.5 Å². The maximum Gasteiger partial charge on any atom is 0.0274 e. The number of rotatable bonds is 13. The Morgan fingerprint density at radius 3 is 0.868 bits per heavy atom. The van der Waals surface area contributed by atoms with Gasteiger partial charge in [0.2, 0.25) is 0 Å². The normalized spacial score (nSPS) is 52.3. The van der Waals surface area contributed by atoms with E-state index in [2.05, 4.69) is 59.6 Å². The number of unbranched alkanes of at least 4 members (excludes halogenated alkanes) is 4. The van der Waals surface area contributed by atoms with Crippen LogP contribution in [0.25, 0.3) is 0 Å². The molecule has 8 aliphatic rings. The zero-order valence-corrected chi connectivity index (χ0v) is 28.9. The lowest BCUT2D eigenvalue weighted by molar-refractivity contribution is -0.266. The molecule has 0 amide bonds. The van der Waals surface area contributed by atoms with Gasteiger partial charge in [-0.3, -0.25) is 0 Å². The van der Waals surface area contributed by atoms with E-state index >= 15 is 0 Å². The van der Waals surface area contributed by atoms with Crippen molar-refractivity contribution in [3.8, 4) is 0 Å². The third-order valence-corrected chi connectivity index (χ3v) is 15.5. The number of halogens is 2. The van der Waals surface area contributed by atoms with Crippen LogP contribution in [0.15, 0.2) is 0 Å². The minimum atomic E-state index is 0.430. The molecule has 8 bridgehead atoms. The summed E-state index contributed by atoms with van der Waals surface area (Å²) in [5.41, 5.74) is 3.66. The van der Waals surface area contributed by atoms with E-state index in [9.17, 15) is 0 Å². The summed E-state index contributed by atoms with van der Waals surface area (Å²) < 4.78 is 0.860. The average molecular weight is 653 g/mol. The van der Waals surface area contributed by atoms with Crippen LogP contribution in [0.2, 0.25) is 0 Å². The summed E-state index contributed by atoms with van der Waals surface area (Å²) in [4.78, 5) is 0. The first-order chi connectivity index (χ1) is 18.0. The van der Waals surface area contributed by atoms with E-state index in [1.165, 1.54) is 116 Å². The van der Waals surface area contributed by atoms with Gasteiger partial charge in [-0.05, 0) is 135 Å². The SMILES string of the molecule is CCCC[C@]12CC3(Br)CC(C45CC6(Br)C[C@@](CCCC)(C4)C[C@](CCCC)(C6)C5)(C1)C[C@@](CCCC)(C3)C2. The summed E-state index contributed by atoms with van der Waals surface area (Å²) in [5.74, 6) is 0. The van der Waals surface area contributed by atoms with Gasteiger partial charge in [0.05, 0.1) is 0 Å². The first-order valence-electron chi connectivity index (χ1n) is 17.4. The Kier molecular flexibility index (Phi) is 7.45. The summed E-state index contributed by atoms with van der Waals surface area (Å²) >= 11 is 9.28. The van der Waals surface area contributed by atoms with Crippen molar-refractivity contribution in [2.75, 3.05) is 0 Å². The maximum absolute atomic E-state index is 4.64. The molecule has 0 aromatic heterocycles. The molecule has 8 rings (SSSR count). The molecule has 0 saturated heterocycles. The molecule has 4 unspecified atom stereocenters. The minimum Gasteiger partial charge on any atom is -0.0853 e. The van der Waals surface area contributed by atoms with E-state index in [1.54, 1.807) is 38.5 Å². The van der Waals surface area contributed by atoms with Crippen molar-refractivity contribution >= 4 is 31.9 Å². The predicted octanol–water partition coefficient (Wildman–Crippen LogP) is 12.7. The molecule has 8 aliphatic carbocycles. The highest BCUT2D eigenvalue weighted by Crippen LogP contribution is 2.86. The molecule has 38 heavy (non-hydrogen) atoms. The molecule has 218 valence electrons. The Morgan fingerprint density at radius 2 is 0.632 bits per heavy atom. The van der Waals surface area contributed by atoms with Crippen LogP contribution in [0.3, 0.4) is 0 Å². The summed E-state index contributed by atoms with van der Waals surface area (Å²) in [6.45, 7) is 9.76. The molecule has 0 aromatic rings. The number of hydrogen-bond donors (Lipinski definition) is 0. The maximum atomic E-state index is 4.64. The van der Waals surface area contributed by atoms with Crippen LogP contribution in [0.4, 0.5) is 0 Å². The van der Waals surface area contributed by atoms with Crippen LogP contribution in [-0.4, -0.2) is 8.65 Å². The molecule has 0 spiro atoms. The zero-order valence-electron chi connectivity index (χ0n) is 25.7. The fraction of sp³-hybridized carbons (Fsp3) is 1.00. The van der Waals surface area contributed by atoms with Crippen LogP contribution in [-0.2, 0) is 0 Å². The van der Waals surface area contributed by atoms with E-state index in [4.69, 9.17) is 0 Å². The lowest BCUT2D eigenvalue weighted by Gasteiger charge is -2.80. The topological polar surface area (TPSA) is 0 Å². The third kappa shape index (κ3) is 4.60. The molecule has 0 N–H and O–H groups in total. The van der Waals surface area contributed by atoms with E-state index in [0.29, 0.717) is 41.1 Å². The van der Waals surface area contributed by atoms with Gasteiger partial charge >= 0.3 is 0 Å². The van der Waals surface area contributed by atoms with Crippen molar-refractivity contribution in [2.24, 2.45) is 32.5 Å². The molecular weight excluding hydrogens is 592 g/mol. The second-order valence-corrected chi connectivity index (χ2v) is 20.8. The average Bonchev–Trinajstić information content (AvgIpc) is 2.81. The lowest BCUT2D eigenvalue weighted by Crippen LogP contribution is -2.72. The highest BCUT2D eigenvalue weighted by molar-refractivity contribution is 9.10. The second kappa shape index (κ2) is 9.74. The summed E-state index contributed by atoms with van der Waals surface area (Å²) in [6.07, 6.45) is 35.9. The fourth-order valence-corrected chi connectivity index (χ4v) is 17.7. The van der Waals surface area contributed by atoms with Gasteiger partial charge in [0.15, 0.2) is 0 Å². The highest BCUT2D eigenvalue weighted by Gasteiger charge is 2.77. The van der Waals surface area contributed by atoms with Gasteiger partial charge in [0.1, 0.15) is 0 Å². The Morgan fingerprint density at radius 1 is 0.368 bits per heavy atom. The van der Waals surface area contributed by atoms with Gasteiger partial charge in [0, 0.05) is 8.65 Å². The van der Waals surface area contributed by atoms with Crippen LogP contribution in [0.5, 0.6) is 0 Å². The van der Waals surface area contributed by atoms with Crippen LogP contribution in [0.1, 0.15) is 182 Å². The Bertz CT molecular complexity index is 768. The smallest absolute Gasteiger partial charge is 0.0274 e. The van der Waals surface area contributed by atoms with Crippen LogP contribution >= 0.6 is 31.9 Å². The van der Waals surface area contributed by atoms with Crippen molar-refractivity contribution < 1.29 is 0 Å². The van der Waals surface area contributed by atoms with Crippen LogP contribution < -0.4 is 0 Å². The standard InChI is InChI=1S/C36H60Br2/c1-5-9-13-29-17-30(14-10-6-2)20-33(19-29,27-35(37,23-29)24-30)34-21-31(15-11-7-3)18-32(22-34,16-12-8-4)26-36(38,25-31)28-34/h5-28H2,1-4H3/t29-,30+,31-,32+,33?,34?,35?,36?. The summed E-state index contributed by atoms with van der Waals surface area (Å²) in [5, 5.41) is 0. The van der Waals surface area contributed by atoms with E-state index in [1.807, 2.05) is 0 Å². The number of alkyl halides is 2. The molecule has 0 nitrogen and oxygen atoms in total. The Hall–Kier alpha value is 0.960. The Labute approximate surface area is 253 Å². The molecule has 0 aromatic carbocycles. The number of hydrogen-bond acceptors (Lipinski definition) is 0. The molecule has 0 aliphatic heterocycles. The predicted molar refractivity (Wildman–Crippen MR) is 171 cm³/mol. The fourth-order valence-electron chi connectivity index (χ4n) is 14.3. The summed E-state index contributed by atoms with van der Waals surface area (Å²) in [7, 11) is 0. The first-order valence-corrected chi connectivity index (χ1v) is 18.9. The molecule has 8 saturated carbocycles. The Balaban J connectivity index is 1.46. The van der Waals surface area contributed by atoms with Gasteiger partial charge < -0.3 is 0 Å². The van der Waals surface area contributed by atoms with Crippen molar-refractivity contribution in [3.63, 3.8) is 0 Å².